The highest BCUT2D eigenvalue weighted by atomic mass is 16.1. The first-order valence-electron chi connectivity index (χ1n) is 9.49. The monoisotopic (exact) mass is 361 g/mol. The van der Waals surface area contributed by atoms with E-state index in [-0.39, 0.29) is 11.5 Å². The first kappa shape index (κ1) is 19.1. The van der Waals surface area contributed by atoms with Gasteiger partial charge in [0.05, 0.1) is 0 Å². The standard InChI is InChI=1S/C23H27N3O/c1-5-7-18-15(4)23(27)26-20-11-8-16(6-2)21(22(18)20)17-9-10-19(25-13-17)14(3)12-24/h5,7-11,13-14H,6,12,24H2,1-4H3,(H,26,27)/b7-5-. The molecule has 0 aliphatic rings. The van der Waals surface area contributed by atoms with Crippen molar-refractivity contribution in [1.82, 2.24) is 9.97 Å². The van der Waals surface area contributed by atoms with E-state index < -0.39 is 0 Å². The molecule has 0 saturated heterocycles. The van der Waals surface area contributed by atoms with Gasteiger partial charge in [-0.05, 0) is 49.1 Å². The van der Waals surface area contributed by atoms with Gasteiger partial charge in [0.15, 0.2) is 0 Å². The van der Waals surface area contributed by atoms with Crippen LogP contribution in [0.15, 0.2) is 41.3 Å². The minimum absolute atomic E-state index is 0.0453. The predicted molar refractivity (Wildman–Crippen MR) is 114 cm³/mol. The zero-order valence-electron chi connectivity index (χ0n) is 16.5. The SMILES string of the molecule is C/C=C\c1c(C)c(=O)[nH]c2ccc(CC)c(-c3ccc(C(C)CN)nc3)c12. The lowest BCUT2D eigenvalue weighted by atomic mass is 9.90. The third-order valence-corrected chi connectivity index (χ3v) is 5.20. The summed E-state index contributed by atoms with van der Waals surface area (Å²) in [5.74, 6) is 0.231. The number of aromatic nitrogens is 2. The number of nitrogens with one attached hydrogen (secondary N) is 1. The van der Waals surface area contributed by atoms with Gasteiger partial charge in [0.1, 0.15) is 0 Å². The van der Waals surface area contributed by atoms with Crippen molar-refractivity contribution in [3.8, 4) is 11.1 Å². The van der Waals surface area contributed by atoms with Crippen molar-refractivity contribution in [2.24, 2.45) is 5.73 Å². The molecule has 0 spiro atoms. The Morgan fingerprint density at radius 2 is 2.04 bits per heavy atom. The van der Waals surface area contributed by atoms with E-state index >= 15 is 0 Å². The van der Waals surface area contributed by atoms with Crippen LogP contribution in [0.25, 0.3) is 28.1 Å². The number of aryl methyl sites for hydroxylation is 1. The molecule has 0 fully saturated rings. The van der Waals surface area contributed by atoms with Gasteiger partial charge in [0.2, 0.25) is 0 Å². The molecule has 27 heavy (non-hydrogen) atoms. The number of rotatable bonds is 5. The van der Waals surface area contributed by atoms with E-state index in [0.717, 1.165) is 45.3 Å². The van der Waals surface area contributed by atoms with Crippen LogP contribution < -0.4 is 11.3 Å². The number of benzene rings is 1. The summed E-state index contributed by atoms with van der Waals surface area (Å²) in [5, 5.41) is 1.07. The molecule has 3 aromatic rings. The van der Waals surface area contributed by atoms with Crippen molar-refractivity contribution in [2.75, 3.05) is 6.54 Å². The zero-order valence-corrected chi connectivity index (χ0v) is 16.5. The molecule has 1 aromatic carbocycles. The number of hydrogen-bond acceptors (Lipinski definition) is 3. The first-order chi connectivity index (χ1) is 13.0. The van der Waals surface area contributed by atoms with E-state index in [4.69, 9.17) is 5.73 Å². The topological polar surface area (TPSA) is 71.8 Å². The van der Waals surface area contributed by atoms with Gasteiger partial charge in [-0.1, -0.05) is 38.1 Å². The fourth-order valence-electron chi connectivity index (χ4n) is 3.52. The molecule has 1 unspecified atom stereocenters. The summed E-state index contributed by atoms with van der Waals surface area (Å²) >= 11 is 0. The summed E-state index contributed by atoms with van der Waals surface area (Å²) in [6.07, 6.45) is 6.83. The number of nitrogens with two attached hydrogens (primary N) is 1. The quantitative estimate of drug-likeness (QED) is 0.700. The highest BCUT2D eigenvalue weighted by molar-refractivity contribution is 6.02. The van der Waals surface area contributed by atoms with Crippen molar-refractivity contribution in [1.29, 1.82) is 0 Å². The molecule has 0 aliphatic carbocycles. The van der Waals surface area contributed by atoms with Crippen LogP contribution in [0.5, 0.6) is 0 Å². The Morgan fingerprint density at radius 3 is 2.63 bits per heavy atom. The summed E-state index contributed by atoms with van der Waals surface area (Å²) in [6.45, 7) is 8.65. The van der Waals surface area contributed by atoms with Crippen molar-refractivity contribution < 1.29 is 0 Å². The maximum atomic E-state index is 12.4. The van der Waals surface area contributed by atoms with E-state index in [1.807, 2.05) is 38.3 Å². The smallest absolute Gasteiger partial charge is 0.251 e. The largest absolute Gasteiger partial charge is 0.330 e. The van der Waals surface area contributed by atoms with E-state index in [0.29, 0.717) is 6.54 Å². The second kappa shape index (κ2) is 7.89. The summed E-state index contributed by atoms with van der Waals surface area (Å²) < 4.78 is 0. The Labute approximate surface area is 160 Å². The van der Waals surface area contributed by atoms with E-state index in [1.54, 1.807) is 0 Å². The van der Waals surface area contributed by atoms with Gasteiger partial charge < -0.3 is 10.7 Å². The number of hydrogen-bond donors (Lipinski definition) is 2. The van der Waals surface area contributed by atoms with Gasteiger partial charge in [0.25, 0.3) is 5.56 Å². The Bertz CT molecular complexity index is 1050. The van der Waals surface area contributed by atoms with Crippen LogP contribution >= 0.6 is 0 Å². The van der Waals surface area contributed by atoms with E-state index in [2.05, 4.69) is 42.0 Å². The van der Waals surface area contributed by atoms with E-state index in [1.165, 1.54) is 5.56 Å². The van der Waals surface area contributed by atoms with Crippen LogP contribution in [0.2, 0.25) is 0 Å². The number of allylic oxidation sites excluding steroid dienone is 1. The Hall–Kier alpha value is -2.72. The summed E-state index contributed by atoms with van der Waals surface area (Å²) in [6, 6.07) is 8.27. The molecule has 3 rings (SSSR count). The van der Waals surface area contributed by atoms with Crippen LogP contribution in [0.1, 0.15) is 49.1 Å². The van der Waals surface area contributed by atoms with Crippen LogP contribution in [-0.2, 0) is 6.42 Å². The molecule has 4 heteroatoms. The molecule has 0 aliphatic heterocycles. The maximum absolute atomic E-state index is 12.4. The molecule has 0 amide bonds. The second-order valence-electron chi connectivity index (χ2n) is 6.98. The molecule has 0 bridgehead atoms. The number of H-pyrrole nitrogens is 1. The summed E-state index contributed by atoms with van der Waals surface area (Å²) in [4.78, 5) is 20.1. The van der Waals surface area contributed by atoms with Crippen molar-refractivity contribution in [2.45, 2.75) is 40.0 Å². The predicted octanol–water partition coefficient (Wildman–Crippen LogP) is 4.56. The third-order valence-electron chi connectivity index (χ3n) is 5.20. The van der Waals surface area contributed by atoms with Crippen LogP contribution in [0, 0.1) is 6.92 Å². The molecule has 0 radical (unpaired) electrons. The molecule has 140 valence electrons. The zero-order chi connectivity index (χ0) is 19.6. The first-order valence-corrected chi connectivity index (χ1v) is 9.49. The highest BCUT2D eigenvalue weighted by Gasteiger charge is 2.16. The molecule has 4 nitrogen and oxygen atoms in total. The summed E-state index contributed by atoms with van der Waals surface area (Å²) in [5.41, 5.74) is 12.7. The molecule has 2 heterocycles. The lowest BCUT2D eigenvalue weighted by molar-refractivity contribution is 0.745. The number of fused-ring (bicyclic) bond motifs is 1. The number of pyridine rings is 2. The van der Waals surface area contributed by atoms with Crippen LogP contribution in [0.3, 0.4) is 0 Å². The molecule has 3 N–H and O–H groups in total. The van der Waals surface area contributed by atoms with Crippen LogP contribution in [-0.4, -0.2) is 16.5 Å². The van der Waals surface area contributed by atoms with Crippen molar-refractivity contribution in [3.63, 3.8) is 0 Å². The lowest BCUT2D eigenvalue weighted by Gasteiger charge is -2.16. The van der Waals surface area contributed by atoms with Gasteiger partial charge in [-0.3, -0.25) is 9.78 Å². The fourth-order valence-corrected chi connectivity index (χ4v) is 3.52. The number of aromatic amines is 1. The summed E-state index contributed by atoms with van der Waals surface area (Å²) in [7, 11) is 0. The Kier molecular flexibility index (Phi) is 5.57. The van der Waals surface area contributed by atoms with Crippen molar-refractivity contribution >= 4 is 17.0 Å². The van der Waals surface area contributed by atoms with Gasteiger partial charge in [0, 0.05) is 46.4 Å². The maximum Gasteiger partial charge on any atom is 0.251 e. The highest BCUT2D eigenvalue weighted by Crippen LogP contribution is 2.35. The lowest BCUT2D eigenvalue weighted by Crippen LogP contribution is -2.12. The normalized spacial score (nSPS) is 12.8. The van der Waals surface area contributed by atoms with Crippen molar-refractivity contribution in [3.05, 3.63) is 69.3 Å². The average molecular weight is 361 g/mol. The number of nitrogens with zero attached hydrogens (tertiary/aromatic N) is 1. The minimum Gasteiger partial charge on any atom is -0.330 e. The van der Waals surface area contributed by atoms with Gasteiger partial charge in [-0.15, -0.1) is 0 Å². The Balaban J connectivity index is 2.36. The average Bonchev–Trinajstić information content (AvgIpc) is 2.70. The molecule has 2 aromatic heterocycles. The van der Waals surface area contributed by atoms with Gasteiger partial charge >= 0.3 is 0 Å². The fraction of sp³-hybridized carbons (Fsp3) is 0.304. The van der Waals surface area contributed by atoms with Crippen LogP contribution in [0.4, 0.5) is 0 Å². The second-order valence-corrected chi connectivity index (χ2v) is 6.98. The molecular weight excluding hydrogens is 334 g/mol. The minimum atomic E-state index is -0.0453. The molecule has 1 atom stereocenters. The molecular formula is C23H27N3O. The van der Waals surface area contributed by atoms with Gasteiger partial charge in [-0.2, -0.15) is 0 Å². The van der Waals surface area contributed by atoms with Gasteiger partial charge in [-0.25, -0.2) is 0 Å². The Morgan fingerprint density at radius 1 is 1.26 bits per heavy atom. The third kappa shape index (κ3) is 3.45. The molecule has 0 saturated carbocycles. The van der Waals surface area contributed by atoms with E-state index in [9.17, 15) is 4.79 Å².